The number of esters is 1. The van der Waals surface area contributed by atoms with Gasteiger partial charge in [0.25, 0.3) is 0 Å². The fraction of sp³-hybridized carbons (Fsp3) is 0.577. The van der Waals surface area contributed by atoms with Crippen molar-refractivity contribution in [2.75, 3.05) is 46.0 Å². The number of carbonyl (C=O) groups is 2. The first-order chi connectivity index (χ1) is 29.3. The van der Waals surface area contributed by atoms with E-state index in [0.717, 1.165) is 103 Å². The van der Waals surface area contributed by atoms with Crippen molar-refractivity contribution in [2.24, 2.45) is 11.8 Å². The molecule has 2 heterocycles. The van der Waals surface area contributed by atoms with E-state index in [1.807, 2.05) is 6.92 Å². The molecule has 0 aromatic heterocycles. The first-order valence-corrected chi connectivity index (χ1v) is 23.5. The van der Waals surface area contributed by atoms with Gasteiger partial charge in [-0.2, -0.15) is 0 Å². The third-order valence-corrected chi connectivity index (χ3v) is 12.3. The number of carboxylic acids is 1. The molecular weight excluding hydrogens is 749 g/mol. The van der Waals surface area contributed by atoms with Gasteiger partial charge in [0.05, 0.1) is 19.8 Å². The van der Waals surface area contributed by atoms with Crippen molar-refractivity contribution in [3.8, 4) is 11.5 Å². The van der Waals surface area contributed by atoms with Crippen molar-refractivity contribution >= 4 is 33.5 Å². The standard InChI is InChI=1S/C27H39NO3.C25H35NO3/c1-3-5-6-7-8-18-31-25-12-13-26-23(20-25)10-9-11-24(26)21-28-16-14-22(15-17-28)19-27(29)30-4-2;1-2-3-4-5-6-16-29-23-10-11-24-21(18-23)8-7-9-22(24)19-26-14-12-20(13-15-26)17-25(27)28/h9-13,20,22H,3-8,14-19,21H2,1-2H3;7-11,18,20H,2-6,12-17,19H2,1H3,(H,27,28). The number of piperidine rings is 2. The van der Waals surface area contributed by atoms with Crippen LogP contribution in [0.4, 0.5) is 0 Å². The molecule has 0 radical (unpaired) electrons. The van der Waals surface area contributed by atoms with Gasteiger partial charge in [-0.05, 0) is 140 Å². The molecule has 4 aromatic carbocycles. The molecule has 0 amide bonds. The third-order valence-electron chi connectivity index (χ3n) is 12.3. The van der Waals surface area contributed by atoms with Crippen LogP contribution in [-0.4, -0.2) is 72.8 Å². The Kier molecular flexibility index (Phi) is 20.5. The molecule has 8 nitrogen and oxygen atoms in total. The van der Waals surface area contributed by atoms with Crippen LogP contribution >= 0.6 is 0 Å². The lowest BCUT2D eigenvalue weighted by atomic mass is 9.93. The fourth-order valence-corrected chi connectivity index (χ4v) is 8.79. The minimum atomic E-state index is -0.670. The number of unbranched alkanes of at least 4 members (excludes halogenated alkanes) is 8. The largest absolute Gasteiger partial charge is 0.494 e. The molecule has 2 aliphatic rings. The van der Waals surface area contributed by atoms with E-state index in [4.69, 9.17) is 19.3 Å². The number of hydrogen-bond acceptors (Lipinski definition) is 7. The van der Waals surface area contributed by atoms with E-state index in [1.54, 1.807) is 0 Å². The molecule has 0 saturated carbocycles. The highest BCUT2D eigenvalue weighted by Gasteiger charge is 2.23. The van der Waals surface area contributed by atoms with Crippen LogP contribution in [0.2, 0.25) is 0 Å². The third kappa shape index (κ3) is 16.0. The number of rotatable bonds is 23. The van der Waals surface area contributed by atoms with Gasteiger partial charge in [-0.3, -0.25) is 19.4 Å². The average molecular weight is 823 g/mol. The maximum atomic E-state index is 11.7. The fourth-order valence-electron chi connectivity index (χ4n) is 8.79. The van der Waals surface area contributed by atoms with Gasteiger partial charge >= 0.3 is 11.9 Å². The van der Waals surface area contributed by atoms with Gasteiger partial charge in [-0.15, -0.1) is 0 Å². The zero-order valence-corrected chi connectivity index (χ0v) is 37.1. The van der Waals surface area contributed by atoms with Crippen LogP contribution in [-0.2, 0) is 27.4 Å². The number of aliphatic carboxylic acids is 1. The first-order valence-electron chi connectivity index (χ1n) is 23.5. The Balaban J connectivity index is 0.000000228. The minimum absolute atomic E-state index is 0.0472. The van der Waals surface area contributed by atoms with Gasteiger partial charge < -0.3 is 19.3 Å². The van der Waals surface area contributed by atoms with E-state index in [-0.39, 0.29) is 5.97 Å². The molecule has 0 spiro atoms. The Morgan fingerprint density at radius 1 is 0.583 bits per heavy atom. The molecule has 1 N–H and O–H groups in total. The van der Waals surface area contributed by atoms with E-state index in [9.17, 15) is 9.59 Å². The summed E-state index contributed by atoms with van der Waals surface area (Å²) in [6.45, 7) is 14.3. The predicted molar refractivity (Wildman–Crippen MR) is 246 cm³/mol. The summed E-state index contributed by atoms with van der Waals surface area (Å²) in [5.74, 6) is 2.01. The Labute approximate surface area is 361 Å². The molecule has 0 bridgehead atoms. The Hall–Kier alpha value is -4.14. The summed E-state index contributed by atoms with van der Waals surface area (Å²) >= 11 is 0. The van der Waals surface area contributed by atoms with Crippen LogP contribution in [0, 0.1) is 11.8 Å². The highest BCUT2D eigenvalue weighted by atomic mass is 16.5. The summed E-state index contributed by atoms with van der Waals surface area (Å²) in [5, 5.41) is 14.1. The number of carbonyl (C=O) groups excluding carboxylic acids is 1. The lowest BCUT2D eigenvalue weighted by molar-refractivity contribution is -0.144. The number of fused-ring (bicyclic) bond motifs is 2. The monoisotopic (exact) mass is 823 g/mol. The van der Waals surface area contributed by atoms with Crippen LogP contribution in [0.25, 0.3) is 21.5 Å². The van der Waals surface area contributed by atoms with Gasteiger partial charge in [0, 0.05) is 25.9 Å². The molecule has 6 rings (SSSR count). The topological polar surface area (TPSA) is 88.5 Å². The number of hydrogen-bond donors (Lipinski definition) is 1. The van der Waals surface area contributed by atoms with Crippen LogP contribution in [0.15, 0.2) is 72.8 Å². The van der Waals surface area contributed by atoms with Gasteiger partial charge in [-0.25, -0.2) is 0 Å². The Morgan fingerprint density at radius 3 is 1.47 bits per heavy atom. The van der Waals surface area contributed by atoms with E-state index in [0.29, 0.717) is 31.3 Å². The number of benzene rings is 4. The summed E-state index contributed by atoms with van der Waals surface area (Å²) < 4.78 is 17.1. The zero-order valence-electron chi connectivity index (χ0n) is 37.1. The van der Waals surface area contributed by atoms with Crippen molar-refractivity contribution in [2.45, 2.75) is 137 Å². The second-order valence-electron chi connectivity index (χ2n) is 17.2. The lowest BCUT2D eigenvalue weighted by Crippen LogP contribution is -2.34. The quantitative estimate of drug-likeness (QED) is 0.0584. The second kappa shape index (κ2) is 26.3. The molecule has 2 fully saturated rings. The lowest BCUT2D eigenvalue weighted by Gasteiger charge is -2.31. The molecular formula is C52H74N2O6. The molecule has 8 heteroatoms. The highest BCUT2D eigenvalue weighted by molar-refractivity contribution is 5.87. The van der Waals surface area contributed by atoms with Gasteiger partial charge in [0.1, 0.15) is 11.5 Å². The van der Waals surface area contributed by atoms with Crippen molar-refractivity contribution in [3.05, 3.63) is 83.9 Å². The van der Waals surface area contributed by atoms with Crippen molar-refractivity contribution in [1.29, 1.82) is 0 Å². The number of ether oxygens (including phenoxy) is 3. The van der Waals surface area contributed by atoms with Crippen LogP contribution < -0.4 is 9.47 Å². The Bertz CT molecular complexity index is 1860. The smallest absolute Gasteiger partial charge is 0.306 e. The molecule has 0 unspecified atom stereocenters. The number of carboxylic acid groups (broad SMARTS) is 1. The van der Waals surface area contributed by atoms with Crippen molar-refractivity contribution < 1.29 is 28.9 Å². The molecule has 2 aliphatic heterocycles. The van der Waals surface area contributed by atoms with Crippen molar-refractivity contribution in [1.82, 2.24) is 9.80 Å². The maximum Gasteiger partial charge on any atom is 0.306 e. The van der Waals surface area contributed by atoms with Crippen molar-refractivity contribution in [3.63, 3.8) is 0 Å². The van der Waals surface area contributed by atoms with Gasteiger partial charge in [-0.1, -0.05) is 114 Å². The van der Waals surface area contributed by atoms with Crippen LogP contribution in [0.5, 0.6) is 11.5 Å². The highest BCUT2D eigenvalue weighted by Crippen LogP contribution is 2.29. The first kappa shape index (κ1) is 46.9. The SMILES string of the molecule is CCCCCCCOc1ccc2c(CN3CCC(CC(=O)O)CC3)cccc2c1.CCCCCCCOc1ccc2c(CN3CCC(CC(=O)OCC)CC3)cccc2c1. The predicted octanol–water partition coefficient (Wildman–Crippen LogP) is 12.2. The summed E-state index contributed by atoms with van der Waals surface area (Å²) in [6, 6.07) is 26.0. The van der Waals surface area contributed by atoms with E-state index >= 15 is 0 Å². The van der Waals surface area contributed by atoms with Gasteiger partial charge in [0.2, 0.25) is 0 Å². The van der Waals surface area contributed by atoms with E-state index in [1.165, 1.54) is 84.0 Å². The zero-order chi connectivity index (χ0) is 42.4. The normalized spacial score (nSPS) is 15.4. The summed E-state index contributed by atoms with van der Waals surface area (Å²) in [6.07, 6.45) is 17.5. The van der Waals surface area contributed by atoms with E-state index < -0.39 is 5.97 Å². The molecule has 4 aromatic rings. The summed E-state index contributed by atoms with van der Waals surface area (Å²) in [7, 11) is 0. The number of likely N-dealkylation sites (tertiary alicyclic amines) is 2. The molecule has 60 heavy (non-hydrogen) atoms. The molecule has 328 valence electrons. The van der Waals surface area contributed by atoms with Crippen LogP contribution in [0.3, 0.4) is 0 Å². The minimum Gasteiger partial charge on any atom is -0.494 e. The van der Waals surface area contributed by atoms with Crippen LogP contribution in [0.1, 0.15) is 135 Å². The Morgan fingerprint density at radius 2 is 1.03 bits per heavy atom. The molecule has 0 atom stereocenters. The summed E-state index contributed by atoms with van der Waals surface area (Å²) in [4.78, 5) is 27.6. The maximum absolute atomic E-state index is 11.7. The molecule has 0 aliphatic carbocycles. The summed E-state index contributed by atoms with van der Waals surface area (Å²) in [5.41, 5.74) is 2.71. The second-order valence-corrected chi connectivity index (χ2v) is 17.2. The van der Waals surface area contributed by atoms with Gasteiger partial charge in [0.15, 0.2) is 0 Å². The van der Waals surface area contributed by atoms with E-state index in [2.05, 4.69) is 96.4 Å². The average Bonchev–Trinajstić information content (AvgIpc) is 3.25. The number of nitrogens with zero attached hydrogens (tertiary/aromatic N) is 2. The molecule has 2 saturated heterocycles.